The second-order valence-corrected chi connectivity index (χ2v) is 12.9. The van der Waals surface area contributed by atoms with Gasteiger partial charge in [0.2, 0.25) is 0 Å². The van der Waals surface area contributed by atoms with E-state index in [1.807, 2.05) is 12.2 Å². The van der Waals surface area contributed by atoms with Crippen LogP contribution in [0.15, 0.2) is 36.5 Å². The van der Waals surface area contributed by atoms with Crippen molar-refractivity contribution in [2.45, 2.75) is 83.8 Å². The maximum absolute atomic E-state index is 8.68. The van der Waals surface area contributed by atoms with Crippen molar-refractivity contribution in [2.24, 2.45) is 0 Å². The maximum atomic E-state index is 8.68. The molecule has 0 unspecified atom stereocenters. The van der Waals surface area contributed by atoms with Gasteiger partial charge in [-0.05, 0) is 42.3 Å². The van der Waals surface area contributed by atoms with Gasteiger partial charge in [0.1, 0.15) is 0 Å². The molecule has 0 atom stereocenters. The largest absolute Gasteiger partial charge is 0.416 e. The molecule has 0 bridgehead atoms. The Morgan fingerprint density at radius 1 is 0.750 bits per heavy atom. The van der Waals surface area contributed by atoms with E-state index >= 15 is 0 Å². The third kappa shape index (κ3) is 8.45. The Labute approximate surface area is 151 Å². The Morgan fingerprint density at radius 2 is 1.21 bits per heavy atom. The summed E-state index contributed by atoms with van der Waals surface area (Å²) >= 11 is 0. The summed E-state index contributed by atoms with van der Waals surface area (Å²) in [6, 6.07) is 0. The normalized spacial score (nSPS) is 13.8. The molecule has 0 amide bonds. The van der Waals surface area contributed by atoms with Gasteiger partial charge in [-0.25, -0.2) is 0 Å². The summed E-state index contributed by atoms with van der Waals surface area (Å²) in [6.45, 7) is 15.2. The predicted octanol–water partition coefficient (Wildman–Crippen LogP) is 6.40. The van der Waals surface area contributed by atoms with Crippen LogP contribution in [0.2, 0.25) is 16.6 Å². The van der Waals surface area contributed by atoms with Crippen molar-refractivity contribution < 1.29 is 9.53 Å². The van der Waals surface area contributed by atoms with Crippen LogP contribution in [0.3, 0.4) is 0 Å². The van der Waals surface area contributed by atoms with Gasteiger partial charge in [0.25, 0.3) is 0 Å². The van der Waals surface area contributed by atoms with E-state index in [9.17, 15) is 0 Å². The van der Waals surface area contributed by atoms with Crippen LogP contribution in [0.5, 0.6) is 0 Å². The number of aliphatic hydroxyl groups is 1. The molecule has 0 aliphatic carbocycles. The number of allylic oxidation sites excluding steroid dienone is 6. The Kier molecular flexibility index (Phi) is 13.3. The minimum absolute atomic E-state index is 0.268. The fourth-order valence-corrected chi connectivity index (χ4v) is 9.14. The monoisotopic (exact) mass is 352 g/mol. The van der Waals surface area contributed by atoms with Gasteiger partial charge < -0.3 is 9.53 Å². The van der Waals surface area contributed by atoms with Crippen LogP contribution in [0, 0.1) is 0 Å². The van der Waals surface area contributed by atoms with Crippen molar-refractivity contribution >= 4 is 8.32 Å². The zero-order valence-corrected chi connectivity index (χ0v) is 17.8. The summed E-state index contributed by atoms with van der Waals surface area (Å²) < 4.78 is 6.55. The molecule has 0 spiro atoms. The molecule has 0 aliphatic heterocycles. The van der Waals surface area contributed by atoms with Gasteiger partial charge in [-0.2, -0.15) is 0 Å². The lowest BCUT2D eigenvalue weighted by molar-refractivity contribution is 0.273. The molecule has 0 fully saturated rings. The van der Waals surface area contributed by atoms with Crippen molar-refractivity contribution in [3.05, 3.63) is 36.5 Å². The lowest BCUT2D eigenvalue weighted by atomic mass is 10.3. The molecule has 0 saturated carbocycles. The second-order valence-electron chi connectivity index (χ2n) is 7.42. The predicted molar refractivity (Wildman–Crippen MR) is 110 cm³/mol. The van der Waals surface area contributed by atoms with Gasteiger partial charge in [-0.1, -0.05) is 78.0 Å². The molecule has 24 heavy (non-hydrogen) atoms. The zero-order chi connectivity index (χ0) is 18.4. The molecule has 0 rings (SSSR count). The fraction of sp³-hybridized carbons (Fsp3) is 0.714. The molecule has 1 N–H and O–H groups in total. The molecule has 0 radical (unpaired) electrons. The van der Waals surface area contributed by atoms with Gasteiger partial charge in [0.05, 0.1) is 0 Å². The molecular formula is C21H40O2Si. The Bertz CT molecular complexity index is 360. The summed E-state index contributed by atoms with van der Waals surface area (Å²) in [5.74, 6) is 0. The molecule has 0 aromatic heterocycles. The van der Waals surface area contributed by atoms with Crippen molar-refractivity contribution in [2.75, 3.05) is 13.2 Å². The van der Waals surface area contributed by atoms with Crippen LogP contribution in [0.25, 0.3) is 0 Å². The highest BCUT2D eigenvalue weighted by molar-refractivity contribution is 6.77. The lowest BCUT2D eigenvalue weighted by Crippen LogP contribution is -2.47. The zero-order valence-electron chi connectivity index (χ0n) is 16.8. The van der Waals surface area contributed by atoms with E-state index in [0.29, 0.717) is 16.6 Å². The van der Waals surface area contributed by atoms with E-state index in [0.717, 1.165) is 32.3 Å². The molecule has 140 valence electrons. The highest BCUT2D eigenvalue weighted by Crippen LogP contribution is 2.42. The number of unbranched alkanes of at least 4 members (excludes halogenated alkanes) is 2. The fourth-order valence-electron chi connectivity index (χ4n) is 3.64. The first-order chi connectivity index (χ1) is 11.4. The van der Waals surface area contributed by atoms with E-state index in [1.165, 1.54) is 0 Å². The van der Waals surface area contributed by atoms with Crippen LogP contribution in [-0.2, 0) is 4.43 Å². The van der Waals surface area contributed by atoms with Gasteiger partial charge in [0.15, 0.2) is 8.32 Å². The molecule has 0 aromatic carbocycles. The van der Waals surface area contributed by atoms with E-state index in [-0.39, 0.29) is 6.61 Å². The first kappa shape index (κ1) is 23.4. The van der Waals surface area contributed by atoms with Gasteiger partial charge in [-0.3, -0.25) is 0 Å². The third-order valence-electron chi connectivity index (χ3n) is 4.71. The Balaban J connectivity index is 4.12. The van der Waals surface area contributed by atoms with Crippen molar-refractivity contribution in [1.29, 1.82) is 0 Å². The lowest BCUT2D eigenvalue weighted by Gasteiger charge is -2.42. The number of hydrogen-bond acceptors (Lipinski definition) is 2. The first-order valence-corrected chi connectivity index (χ1v) is 11.8. The number of aliphatic hydroxyl groups excluding tert-OH is 1. The molecule has 0 heterocycles. The van der Waals surface area contributed by atoms with E-state index in [2.05, 4.69) is 65.8 Å². The minimum atomic E-state index is -1.69. The minimum Gasteiger partial charge on any atom is -0.416 e. The molecule has 0 saturated heterocycles. The summed E-state index contributed by atoms with van der Waals surface area (Å²) in [7, 11) is -1.69. The highest BCUT2D eigenvalue weighted by atomic mass is 28.4. The van der Waals surface area contributed by atoms with Gasteiger partial charge >= 0.3 is 0 Å². The van der Waals surface area contributed by atoms with Crippen molar-refractivity contribution in [3.8, 4) is 0 Å². The summed E-state index contributed by atoms with van der Waals surface area (Å²) in [4.78, 5) is 0. The first-order valence-electron chi connectivity index (χ1n) is 9.62. The van der Waals surface area contributed by atoms with E-state index < -0.39 is 8.32 Å². The highest BCUT2D eigenvalue weighted by Gasteiger charge is 2.44. The van der Waals surface area contributed by atoms with Gasteiger partial charge in [0, 0.05) is 13.2 Å². The maximum Gasteiger partial charge on any atom is 0.200 e. The second kappa shape index (κ2) is 13.6. The van der Waals surface area contributed by atoms with Crippen LogP contribution < -0.4 is 0 Å². The molecule has 0 aromatic rings. The summed E-state index contributed by atoms with van der Waals surface area (Å²) in [6.07, 6.45) is 16.5. The summed E-state index contributed by atoms with van der Waals surface area (Å²) in [5.41, 5.74) is 1.98. The molecule has 3 heteroatoms. The van der Waals surface area contributed by atoms with E-state index in [4.69, 9.17) is 9.53 Å². The quantitative estimate of drug-likeness (QED) is 0.236. The van der Waals surface area contributed by atoms with Crippen LogP contribution in [0.4, 0.5) is 0 Å². The average molecular weight is 353 g/mol. The number of hydrogen-bond donors (Lipinski definition) is 1. The standard InChI is InChI=1S/C21H40O2Si/c1-19(2)24(20(3)4,21(5)6)23-18-16-14-12-10-8-7-9-11-13-15-17-22/h7-12,19-22H,13-18H2,1-6H3. The van der Waals surface area contributed by atoms with E-state index in [1.54, 1.807) is 0 Å². The SMILES string of the molecule is CC(C)[Si](OCCCC=CC=CC=CCCCO)(C(C)C)C(C)C. The average Bonchev–Trinajstić information content (AvgIpc) is 2.51. The van der Waals surface area contributed by atoms with Crippen LogP contribution in [0.1, 0.15) is 67.2 Å². The Morgan fingerprint density at radius 3 is 1.62 bits per heavy atom. The van der Waals surface area contributed by atoms with Crippen molar-refractivity contribution in [3.63, 3.8) is 0 Å². The summed E-state index contributed by atoms with van der Waals surface area (Å²) in [5, 5.41) is 8.68. The smallest absolute Gasteiger partial charge is 0.200 e. The topological polar surface area (TPSA) is 29.5 Å². The Hall–Kier alpha value is -0.643. The number of rotatable bonds is 13. The van der Waals surface area contributed by atoms with Crippen LogP contribution in [-0.4, -0.2) is 26.6 Å². The van der Waals surface area contributed by atoms with Crippen molar-refractivity contribution in [1.82, 2.24) is 0 Å². The third-order valence-corrected chi connectivity index (χ3v) is 10.8. The van der Waals surface area contributed by atoms with Gasteiger partial charge in [-0.15, -0.1) is 0 Å². The molecule has 0 aliphatic rings. The van der Waals surface area contributed by atoms with Crippen LogP contribution >= 0.6 is 0 Å². The molecule has 2 nitrogen and oxygen atoms in total. The molecular weight excluding hydrogens is 312 g/mol.